The van der Waals surface area contributed by atoms with E-state index in [1.807, 2.05) is 0 Å². The third-order valence-electron chi connectivity index (χ3n) is 4.42. The molecular formula is C19H19BF2N4O4. The summed E-state index contributed by atoms with van der Waals surface area (Å²) in [6.45, 7) is -1.51. The maximum absolute atomic E-state index is 12.5. The van der Waals surface area contributed by atoms with Crippen molar-refractivity contribution in [3.63, 3.8) is 0 Å². The molecule has 0 aromatic carbocycles. The van der Waals surface area contributed by atoms with E-state index in [1.165, 1.54) is 38.7 Å². The zero-order valence-corrected chi connectivity index (χ0v) is 16.2. The molecule has 1 aliphatic rings. The van der Waals surface area contributed by atoms with Crippen molar-refractivity contribution < 1.29 is 28.5 Å². The van der Waals surface area contributed by atoms with Crippen LogP contribution in [0.15, 0.2) is 48.6 Å². The van der Waals surface area contributed by atoms with Gasteiger partial charge in [0, 0.05) is 35.8 Å². The molecule has 3 atom stereocenters. The van der Waals surface area contributed by atoms with Gasteiger partial charge < -0.3 is 25.0 Å². The molecular weight excluding hydrogens is 397 g/mol. The van der Waals surface area contributed by atoms with Crippen LogP contribution in [0.5, 0.6) is 5.88 Å². The van der Waals surface area contributed by atoms with E-state index in [0.717, 1.165) is 0 Å². The number of aliphatic hydroxyl groups excluding tert-OH is 1. The van der Waals surface area contributed by atoms with Gasteiger partial charge in [0.1, 0.15) is 19.7 Å². The van der Waals surface area contributed by atoms with Crippen LogP contribution >= 0.6 is 0 Å². The Kier molecular flexibility index (Phi) is 6.32. The van der Waals surface area contributed by atoms with Crippen LogP contribution in [-0.2, 0) is 10.2 Å². The molecule has 30 heavy (non-hydrogen) atoms. The number of dihydropyridines is 1. The van der Waals surface area contributed by atoms with Crippen molar-refractivity contribution in [1.29, 1.82) is 0 Å². The average Bonchev–Trinajstić information content (AvgIpc) is 2.73. The first-order valence-corrected chi connectivity index (χ1v) is 8.88. The first kappa shape index (κ1) is 21.7. The Balaban J connectivity index is 1.90. The van der Waals surface area contributed by atoms with Gasteiger partial charge in [-0.3, -0.25) is 0 Å². The van der Waals surface area contributed by atoms with Crippen LogP contribution in [0.1, 0.15) is 30.0 Å². The predicted octanol–water partition coefficient (Wildman–Crippen LogP) is 1.38. The van der Waals surface area contributed by atoms with Gasteiger partial charge in [-0.05, 0) is 19.1 Å². The molecule has 0 amide bonds. The second-order valence-electron chi connectivity index (χ2n) is 6.52. The van der Waals surface area contributed by atoms with Crippen LogP contribution in [0.3, 0.4) is 0 Å². The number of allylic oxidation sites excluding steroid dienone is 1. The van der Waals surface area contributed by atoms with Gasteiger partial charge in [-0.2, -0.15) is 8.78 Å². The maximum atomic E-state index is 12.5. The van der Waals surface area contributed by atoms with Gasteiger partial charge in [0.05, 0.1) is 24.3 Å². The van der Waals surface area contributed by atoms with Gasteiger partial charge in [0.2, 0.25) is 5.88 Å². The molecule has 0 aliphatic carbocycles. The lowest BCUT2D eigenvalue weighted by atomic mass is 9.70. The molecule has 11 heteroatoms. The van der Waals surface area contributed by atoms with Crippen LogP contribution in [0, 0.1) is 0 Å². The lowest BCUT2D eigenvalue weighted by molar-refractivity contribution is -0.0528. The minimum atomic E-state index is -3.02. The Labute approximate surface area is 172 Å². The molecule has 1 aliphatic heterocycles. The molecule has 8 nitrogen and oxygen atoms in total. The third kappa shape index (κ3) is 4.57. The number of rotatable bonds is 7. The lowest BCUT2D eigenvalue weighted by Gasteiger charge is -2.36. The molecule has 3 heterocycles. The Morgan fingerprint density at radius 2 is 1.97 bits per heavy atom. The fourth-order valence-corrected chi connectivity index (χ4v) is 2.85. The minimum Gasteiger partial charge on any atom is -0.495 e. The second kappa shape index (κ2) is 8.76. The molecule has 3 rings (SSSR count). The molecule has 3 unspecified atom stereocenters. The van der Waals surface area contributed by atoms with Crippen LogP contribution in [-0.4, -0.2) is 52.8 Å². The lowest BCUT2D eigenvalue weighted by Crippen LogP contribution is -2.48. The first-order valence-electron chi connectivity index (χ1n) is 8.88. The van der Waals surface area contributed by atoms with Gasteiger partial charge in [-0.1, -0.05) is 6.08 Å². The van der Waals surface area contributed by atoms with E-state index in [0.29, 0.717) is 17.0 Å². The van der Waals surface area contributed by atoms with Crippen LogP contribution in [0.4, 0.5) is 8.78 Å². The quantitative estimate of drug-likeness (QED) is 0.581. The number of ether oxygens (including phenoxy) is 2. The summed E-state index contributed by atoms with van der Waals surface area (Å²) in [5, 5.41) is 23.5. The number of nitrogens with one attached hydrogen (secondary N) is 1. The topological polar surface area (TPSA) is 110 Å². The number of aliphatic hydroxyl groups is 2. The van der Waals surface area contributed by atoms with Crippen molar-refractivity contribution in [2.24, 2.45) is 0 Å². The van der Waals surface area contributed by atoms with Crippen LogP contribution in [0.2, 0.25) is 0 Å². The molecule has 0 saturated heterocycles. The Bertz CT molecular complexity index is 952. The molecule has 2 radical (unpaired) electrons. The van der Waals surface area contributed by atoms with Gasteiger partial charge in [-0.15, -0.1) is 0 Å². The van der Waals surface area contributed by atoms with E-state index in [4.69, 9.17) is 12.6 Å². The highest BCUT2D eigenvalue weighted by Gasteiger charge is 2.35. The van der Waals surface area contributed by atoms with Crippen LogP contribution in [0.25, 0.3) is 5.70 Å². The standard InChI is InChI=1S/C19H19BF2N4O4/c1-10(27)17-24-8-12(9-25-17)19(20,28)14-4-3-13(29-2)16(26-14)11-5-6-23-15(7-11)30-18(21)22/h3-10,14,18,26-28H,1-2H3. The highest BCUT2D eigenvalue weighted by molar-refractivity contribution is 6.15. The number of nitrogens with zero attached hydrogens (tertiary/aromatic N) is 3. The van der Waals surface area contributed by atoms with Crippen LogP contribution < -0.4 is 10.1 Å². The second-order valence-corrected chi connectivity index (χ2v) is 6.52. The average molecular weight is 416 g/mol. The summed E-state index contributed by atoms with van der Waals surface area (Å²) in [4.78, 5) is 11.7. The van der Waals surface area contributed by atoms with Crippen molar-refractivity contribution in [2.45, 2.75) is 31.2 Å². The maximum Gasteiger partial charge on any atom is 0.388 e. The van der Waals surface area contributed by atoms with E-state index in [9.17, 15) is 19.0 Å². The van der Waals surface area contributed by atoms with Crippen molar-refractivity contribution in [2.75, 3.05) is 7.11 Å². The van der Waals surface area contributed by atoms with E-state index in [2.05, 4.69) is 25.0 Å². The number of hydrogen-bond donors (Lipinski definition) is 3. The summed E-state index contributed by atoms with van der Waals surface area (Å²) < 4.78 is 34.7. The van der Waals surface area contributed by atoms with E-state index in [1.54, 1.807) is 18.2 Å². The molecule has 0 bridgehead atoms. The first-order chi connectivity index (χ1) is 14.2. The van der Waals surface area contributed by atoms with Crippen molar-refractivity contribution in [3.05, 3.63) is 65.6 Å². The summed E-state index contributed by atoms with van der Waals surface area (Å²) in [6, 6.07) is 2.02. The minimum absolute atomic E-state index is 0.187. The highest BCUT2D eigenvalue weighted by Crippen LogP contribution is 2.30. The fourth-order valence-electron chi connectivity index (χ4n) is 2.85. The molecule has 0 saturated carbocycles. The zero-order chi connectivity index (χ0) is 21.9. The summed E-state index contributed by atoms with van der Waals surface area (Å²) in [6.07, 6.45) is 6.25. The summed E-state index contributed by atoms with van der Waals surface area (Å²) in [5.74, 6) is 0.299. The molecule has 0 fully saturated rings. The largest absolute Gasteiger partial charge is 0.495 e. The number of methoxy groups -OCH3 is 1. The van der Waals surface area contributed by atoms with Gasteiger partial charge in [0.15, 0.2) is 5.82 Å². The van der Waals surface area contributed by atoms with Gasteiger partial charge >= 0.3 is 6.61 Å². The summed E-state index contributed by atoms with van der Waals surface area (Å²) >= 11 is 0. The normalized spacial score (nSPS) is 19.2. The molecule has 0 spiro atoms. The van der Waals surface area contributed by atoms with Gasteiger partial charge in [-0.25, -0.2) is 15.0 Å². The SMILES string of the molecule is [B]C(O)(c1cnc(C(C)O)nc1)C1C=CC(OC)=C(c2ccnc(OC(F)F)c2)N1. The monoisotopic (exact) mass is 416 g/mol. The number of hydrogen-bond acceptors (Lipinski definition) is 8. The van der Waals surface area contributed by atoms with E-state index >= 15 is 0 Å². The third-order valence-corrected chi connectivity index (χ3v) is 4.42. The summed E-state index contributed by atoms with van der Waals surface area (Å²) in [5.41, 5.74) is -0.917. The number of pyridine rings is 1. The fraction of sp³-hybridized carbons (Fsp3) is 0.316. The number of alkyl halides is 2. The zero-order valence-electron chi connectivity index (χ0n) is 16.2. The van der Waals surface area contributed by atoms with Crippen molar-refractivity contribution in [3.8, 4) is 5.88 Å². The van der Waals surface area contributed by atoms with Gasteiger partial charge in [0.25, 0.3) is 0 Å². The van der Waals surface area contributed by atoms with E-state index < -0.39 is 24.3 Å². The highest BCUT2D eigenvalue weighted by atomic mass is 19.3. The number of aromatic nitrogens is 3. The molecule has 156 valence electrons. The van der Waals surface area contributed by atoms with Crippen molar-refractivity contribution >= 4 is 13.5 Å². The Morgan fingerprint density at radius 1 is 1.27 bits per heavy atom. The summed E-state index contributed by atoms with van der Waals surface area (Å²) in [7, 11) is 7.60. The predicted molar refractivity (Wildman–Crippen MR) is 103 cm³/mol. The smallest absolute Gasteiger partial charge is 0.388 e. The Hall–Kier alpha value is -3.05. The van der Waals surface area contributed by atoms with E-state index in [-0.39, 0.29) is 17.3 Å². The van der Waals surface area contributed by atoms with Crippen molar-refractivity contribution in [1.82, 2.24) is 20.3 Å². The number of halogens is 2. The Morgan fingerprint density at radius 3 is 2.57 bits per heavy atom. The molecule has 2 aromatic rings. The molecule has 3 N–H and O–H groups in total. The molecule has 2 aromatic heterocycles.